The number of aliphatic imine (C=N–C) groups is 1. The van der Waals surface area contributed by atoms with Crippen LogP contribution in [0.25, 0.3) is 0 Å². The first-order valence-corrected chi connectivity index (χ1v) is 9.03. The lowest BCUT2D eigenvalue weighted by atomic mass is 10.1. The summed E-state index contributed by atoms with van der Waals surface area (Å²) in [6.07, 6.45) is 1.59. The zero-order valence-electron chi connectivity index (χ0n) is 15.8. The van der Waals surface area contributed by atoms with Gasteiger partial charge in [-0.3, -0.25) is 4.90 Å². The smallest absolute Gasteiger partial charge is 0.194 e. The van der Waals surface area contributed by atoms with Gasteiger partial charge in [0.05, 0.1) is 23.9 Å². The fourth-order valence-electron chi connectivity index (χ4n) is 3.02. The van der Waals surface area contributed by atoms with Crippen LogP contribution in [-0.4, -0.2) is 53.6 Å². The molecule has 28 heavy (non-hydrogen) atoms. The Kier molecular flexibility index (Phi) is 8.66. The Morgan fingerprint density at radius 3 is 2.75 bits per heavy atom. The number of aromatic nitrogens is 1. The number of hydrogen-bond acceptors (Lipinski definition) is 5. The van der Waals surface area contributed by atoms with Gasteiger partial charge in [-0.2, -0.15) is 5.26 Å². The third kappa shape index (κ3) is 5.90. The summed E-state index contributed by atoms with van der Waals surface area (Å²) in [6.45, 7) is 7.12. The molecule has 1 aromatic carbocycles. The highest BCUT2D eigenvalue weighted by molar-refractivity contribution is 14.0. The van der Waals surface area contributed by atoms with Crippen LogP contribution in [0.3, 0.4) is 0 Å². The first kappa shape index (κ1) is 22.1. The molecular weight excluding hydrogens is 474 g/mol. The molecule has 0 aliphatic carbocycles. The van der Waals surface area contributed by atoms with Gasteiger partial charge in [-0.15, -0.1) is 24.0 Å². The third-order valence-electron chi connectivity index (χ3n) is 4.46. The molecule has 1 fully saturated rings. The zero-order valence-corrected chi connectivity index (χ0v) is 18.1. The van der Waals surface area contributed by atoms with Gasteiger partial charge in [0.1, 0.15) is 12.1 Å². The quantitative estimate of drug-likeness (QED) is 0.388. The maximum absolute atomic E-state index is 14.0. The van der Waals surface area contributed by atoms with Crippen molar-refractivity contribution < 1.29 is 8.91 Å². The summed E-state index contributed by atoms with van der Waals surface area (Å²) < 4.78 is 18.9. The van der Waals surface area contributed by atoms with E-state index < -0.39 is 0 Å². The first-order valence-electron chi connectivity index (χ1n) is 9.03. The number of nitrogens with zero attached hydrogens (tertiary/aromatic N) is 5. The maximum atomic E-state index is 14.0. The van der Waals surface area contributed by atoms with Crippen LogP contribution in [0.5, 0.6) is 0 Å². The predicted octanol–water partition coefficient (Wildman–Crippen LogP) is 2.59. The van der Waals surface area contributed by atoms with Gasteiger partial charge < -0.3 is 14.7 Å². The highest BCUT2D eigenvalue weighted by atomic mass is 127. The number of guanidine groups is 1. The summed E-state index contributed by atoms with van der Waals surface area (Å²) in [7, 11) is 0. The standard InChI is InChI=1S/C19H23FN6O.HI/c1-2-22-19(23-13-16-11-15(12-21)3-4-18(16)20)26-8-6-25(7-9-26)14-17-5-10-27-24-17;/h3-5,10-11H,2,6-9,13-14H2,1H3,(H,22,23);1H. The summed E-state index contributed by atoms with van der Waals surface area (Å²) >= 11 is 0. The lowest BCUT2D eigenvalue weighted by Crippen LogP contribution is -2.52. The Balaban J connectivity index is 0.00000280. The molecule has 0 saturated carbocycles. The largest absolute Gasteiger partial charge is 0.364 e. The molecule has 1 aromatic heterocycles. The van der Waals surface area contributed by atoms with Gasteiger partial charge in [0, 0.05) is 50.9 Å². The van der Waals surface area contributed by atoms with Crippen molar-refractivity contribution in [3.05, 3.63) is 53.2 Å². The molecule has 3 rings (SSSR count). The SMILES string of the molecule is CCNC(=NCc1cc(C#N)ccc1F)N1CCN(Cc2ccon2)CC1.I. The summed E-state index contributed by atoms with van der Waals surface area (Å²) in [5.41, 5.74) is 1.79. The van der Waals surface area contributed by atoms with Gasteiger partial charge >= 0.3 is 0 Å². The van der Waals surface area contributed by atoms with Crippen LogP contribution in [0, 0.1) is 17.1 Å². The van der Waals surface area contributed by atoms with Crippen molar-refractivity contribution in [3.8, 4) is 6.07 Å². The van der Waals surface area contributed by atoms with Crippen LogP contribution < -0.4 is 5.32 Å². The summed E-state index contributed by atoms with van der Waals surface area (Å²) in [5.74, 6) is 0.423. The second kappa shape index (κ2) is 11.0. The molecule has 0 bridgehead atoms. The van der Waals surface area contributed by atoms with Gasteiger partial charge in [0.25, 0.3) is 0 Å². The minimum absolute atomic E-state index is 0. The van der Waals surface area contributed by atoms with Gasteiger partial charge in [-0.05, 0) is 25.1 Å². The van der Waals surface area contributed by atoms with E-state index in [1.54, 1.807) is 12.3 Å². The number of benzene rings is 1. The Hall–Kier alpha value is -2.19. The zero-order chi connectivity index (χ0) is 19.1. The molecule has 1 aliphatic rings. The molecule has 7 nitrogen and oxygen atoms in total. The van der Waals surface area contributed by atoms with Crippen LogP contribution >= 0.6 is 24.0 Å². The van der Waals surface area contributed by atoms with Crippen LogP contribution in [0.1, 0.15) is 23.7 Å². The second-order valence-electron chi connectivity index (χ2n) is 6.34. The summed E-state index contributed by atoms with van der Waals surface area (Å²) in [6, 6.07) is 8.26. The van der Waals surface area contributed by atoms with Crippen LogP contribution in [-0.2, 0) is 13.1 Å². The van der Waals surface area contributed by atoms with Gasteiger partial charge in [-0.25, -0.2) is 9.38 Å². The van der Waals surface area contributed by atoms with Crippen LogP contribution in [0.2, 0.25) is 0 Å². The number of rotatable bonds is 5. The van der Waals surface area contributed by atoms with E-state index in [0.717, 1.165) is 50.9 Å². The Bertz CT molecular complexity index is 812. The predicted molar refractivity (Wildman–Crippen MR) is 115 cm³/mol. The molecule has 0 unspecified atom stereocenters. The highest BCUT2D eigenvalue weighted by Gasteiger charge is 2.20. The molecule has 1 N–H and O–H groups in total. The number of halogens is 2. The lowest BCUT2D eigenvalue weighted by Gasteiger charge is -2.36. The van der Waals surface area contributed by atoms with E-state index in [-0.39, 0.29) is 36.3 Å². The molecule has 0 atom stereocenters. The van der Waals surface area contributed by atoms with Crippen molar-refractivity contribution >= 4 is 29.9 Å². The molecule has 0 amide bonds. The van der Waals surface area contributed by atoms with E-state index >= 15 is 0 Å². The monoisotopic (exact) mass is 498 g/mol. The van der Waals surface area contributed by atoms with Gasteiger partial charge in [0.2, 0.25) is 0 Å². The fraction of sp³-hybridized carbons (Fsp3) is 0.421. The van der Waals surface area contributed by atoms with Gasteiger partial charge in [0.15, 0.2) is 5.96 Å². The summed E-state index contributed by atoms with van der Waals surface area (Å²) in [4.78, 5) is 9.07. The maximum Gasteiger partial charge on any atom is 0.194 e. The molecule has 1 saturated heterocycles. The topological polar surface area (TPSA) is 80.7 Å². The summed E-state index contributed by atoms with van der Waals surface area (Å²) in [5, 5.41) is 16.2. The van der Waals surface area contributed by atoms with Crippen molar-refractivity contribution in [2.45, 2.75) is 20.0 Å². The normalized spacial score (nSPS) is 15.0. The molecule has 2 heterocycles. The van der Waals surface area contributed by atoms with Gasteiger partial charge in [-0.1, -0.05) is 5.16 Å². The van der Waals surface area contributed by atoms with Crippen molar-refractivity contribution in [2.24, 2.45) is 4.99 Å². The molecule has 0 radical (unpaired) electrons. The third-order valence-corrected chi connectivity index (χ3v) is 4.46. The van der Waals surface area contributed by atoms with Crippen LogP contribution in [0.4, 0.5) is 4.39 Å². The number of nitrogens with one attached hydrogen (secondary N) is 1. The van der Waals surface area contributed by atoms with E-state index in [0.29, 0.717) is 11.1 Å². The fourth-order valence-corrected chi connectivity index (χ4v) is 3.02. The van der Waals surface area contributed by atoms with E-state index in [9.17, 15) is 4.39 Å². The van der Waals surface area contributed by atoms with Crippen molar-refractivity contribution in [2.75, 3.05) is 32.7 Å². The number of nitriles is 1. The van der Waals surface area contributed by atoms with E-state index in [1.807, 2.05) is 19.1 Å². The minimum atomic E-state index is -0.342. The van der Waals surface area contributed by atoms with E-state index in [2.05, 4.69) is 25.3 Å². The number of piperazine rings is 1. The average Bonchev–Trinajstić information content (AvgIpc) is 3.20. The van der Waals surface area contributed by atoms with Crippen molar-refractivity contribution in [3.63, 3.8) is 0 Å². The van der Waals surface area contributed by atoms with Crippen molar-refractivity contribution in [1.29, 1.82) is 5.26 Å². The van der Waals surface area contributed by atoms with Crippen LogP contribution in [0.15, 0.2) is 40.0 Å². The average molecular weight is 498 g/mol. The molecule has 9 heteroatoms. The Labute approximate surface area is 181 Å². The molecule has 0 spiro atoms. The minimum Gasteiger partial charge on any atom is -0.364 e. The lowest BCUT2D eigenvalue weighted by molar-refractivity contribution is 0.169. The second-order valence-corrected chi connectivity index (χ2v) is 6.34. The molecule has 2 aromatic rings. The molecular formula is C19H24FIN6O. The molecule has 150 valence electrons. The number of hydrogen-bond donors (Lipinski definition) is 1. The molecule has 1 aliphatic heterocycles. The Morgan fingerprint density at radius 1 is 1.32 bits per heavy atom. The highest BCUT2D eigenvalue weighted by Crippen LogP contribution is 2.12. The van der Waals surface area contributed by atoms with Crippen molar-refractivity contribution in [1.82, 2.24) is 20.3 Å². The van der Waals surface area contributed by atoms with E-state index in [1.165, 1.54) is 12.1 Å². The first-order chi connectivity index (χ1) is 13.2. The van der Waals surface area contributed by atoms with E-state index in [4.69, 9.17) is 9.78 Å². The Morgan fingerprint density at radius 2 is 2.11 bits per heavy atom.